The molecule has 0 aliphatic heterocycles. The van der Waals surface area contributed by atoms with Crippen LogP contribution in [0.2, 0.25) is 0 Å². The van der Waals surface area contributed by atoms with Crippen molar-refractivity contribution in [3.63, 3.8) is 0 Å². The van der Waals surface area contributed by atoms with Crippen LogP contribution in [-0.4, -0.2) is 5.11 Å². The summed E-state index contributed by atoms with van der Waals surface area (Å²) < 4.78 is 0.815. The fourth-order valence-electron chi connectivity index (χ4n) is 0.983. The Kier molecular flexibility index (Phi) is 2.55. The summed E-state index contributed by atoms with van der Waals surface area (Å²) in [5, 5.41) is 9.30. The number of rotatable bonds is 1. The molecule has 0 radical (unpaired) electrons. The number of benzene rings is 1. The molecular formula is C9H11BrO. The molecule has 0 aliphatic carbocycles. The lowest BCUT2D eigenvalue weighted by Crippen LogP contribution is -1.87. The lowest BCUT2D eigenvalue weighted by atomic mass is 10.0. The first-order valence-electron chi connectivity index (χ1n) is 3.60. The van der Waals surface area contributed by atoms with Crippen molar-refractivity contribution >= 4 is 15.9 Å². The standard InChI is InChI=1S/C9H11BrO/c1-6(2)7-4-3-5-8(11)9(7)10/h3-6,11H,1-2H3. The van der Waals surface area contributed by atoms with Crippen LogP contribution in [0.15, 0.2) is 22.7 Å². The SMILES string of the molecule is CC(C)c1cccc(O)c1Br. The molecular weight excluding hydrogens is 204 g/mol. The van der Waals surface area contributed by atoms with Crippen LogP contribution in [-0.2, 0) is 0 Å². The second kappa shape index (κ2) is 3.26. The van der Waals surface area contributed by atoms with Crippen molar-refractivity contribution < 1.29 is 5.11 Å². The van der Waals surface area contributed by atoms with Gasteiger partial charge in [0.1, 0.15) is 5.75 Å². The Balaban J connectivity index is 3.17. The summed E-state index contributed by atoms with van der Waals surface area (Å²) in [5.41, 5.74) is 1.14. The van der Waals surface area contributed by atoms with Crippen molar-refractivity contribution in [2.45, 2.75) is 19.8 Å². The van der Waals surface area contributed by atoms with Crippen LogP contribution in [0.25, 0.3) is 0 Å². The lowest BCUT2D eigenvalue weighted by molar-refractivity contribution is 0.470. The van der Waals surface area contributed by atoms with Gasteiger partial charge in [-0.2, -0.15) is 0 Å². The number of phenolic OH excluding ortho intramolecular Hbond substituents is 1. The maximum absolute atomic E-state index is 9.30. The minimum atomic E-state index is 0.316. The molecule has 0 saturated carbocycles. The van der Waals surface area contributed by atoms with Gasteiger partial charge in [-0.1, -0.05) is 26.0 Å². The smallest absolute Gasteiger partial charge is 0.130 e. The maximum atomic E-state index is 9.30. The van der Waals surface area contributed by atoms with E-state index in [0.717, 1.165) is 10.0 Å². The van der Waals surface area contributed by atoms with Crippen LogP contribution in [0, 0.1) is 0 Å². The molecule has 0 unspecified atom stereocenters. The Morgan fingerprint density at radius 1 is 1.36 bits per heavy atom. The van der Waals surface area contributed by atoms with Gasteiger partial charge in [0.25, 0.3) is 0 Å². The zero-order valence-electron chi connectivity index (χ0n) is 6.63. The summed E-state index contributed by atoms with van der Waals surface area (Å²) in [5.74, 6) is 0.757. The quantitative estimate of drug-likeness (QED) is 0.762. The summed E-state index contributed by atoms with van der Waals surface area (Å²) in [6.07, 6.45) is 0. The van der Waals surface area contributed by atoms with E-state index in [1.54, 1.807) is 6.07 Å². The van der Waals surface area contributed by atoms with Crippen LogP contribution < -0.4 is 0 Å². The molecule has 0 fully saturated rings. The normalized spacial score (nSPS) is 10.5. The number of hydrogen-bond acceptors (Lipinski definition) is 1. The Morgan fingerprint density at radius 3 is 2.45 bits per heavy atom. The molecule has 0 bridgehead atoms. The average Bonchev–Trinajstić information content (AvgIpc) is 1.94. The van der Waals surface area contributed by atoms with Gasteiger partial charge in [-0.25, -0.2) is 0 Å². The van der Waals surface area contributed by atoms with Gasteiger partial charge in [0.05, 0.1) is 4.47 Å². The van der Waals surface area contributed by atoms with E-state index in [9.17, 15) is 5.11 Å². The third-order valence-electron chi connectivity index (χ3n) is 1.63. The third-order valence-corrected chi connectivity index (χ3v) is 2.49. The predicted molar refractivity (Wildman–Crippen MR) is 49.9 cm³/mol. The van der Waals surface area contributed by atoms with Crippen molar-refractivity contribution in [3.05, 3.63) is 28.2 Å². The zero-order valence-corrected chi connectivity index (χ0v) is 8.22. The highest BCUT2D eigenvalue weighted by molar-refractivity contribution is 9.10. The first kappa shape index (κ1) is 8.60. The van der Waals surface area contributed by atoms with E-state index >= 15 is 0 Å². The Bertz CT molecular complexity index is 256. The molecule has 1 N–H and O–H groups in total. The van der Waals surface area contributed by atoms with Crippen LogP contribution in [0.3, 0.4) is 0 Å². The molecule has 0 saturated heterocycles. The van der Waals surface area contributed by atoms with E-state index in [4.69, 9.17) is 0 Å². The minimum Gasteiger partial charge on any atom is -0.507 e. The van der Waals surface area contributed by atoms with Gasteiger partial charge in [-0.15, -0.1) is 0 Å². The summed E-state index contributed by atoms with van der Waals surface area (Å²) >= 11 is 3.33. The Hall–Kier alpha value is -0.500. The van der Waals surface area contributed by atoms with E-state index in [1.807, 2.05) is 12.1 Å². The van der Waals surface area contributed by atoms with Crippen molar-refractivity contribution in [2.75, 3.05) is 0 Å². The third kappa shape index (κ3) is 1.74. The largest absolute Gasteiger partial charge is 0.507 e. The monoisotopic (exact) mass is 214 g/mol. The lowest BCUT2D eigenvalue weighted by Gasteiger charge is -2.08. The van der Waals surface area contributed by atoms with E-state index in [1.165, 1.54) is 0 Å². The van der Waals surface area contributed by atoms with Crippen molar-refractivity contribution in [1.29, 1.82) is 0 Å². The van der Waals surface area contributed by atoms with Crippen LogP contribution in [0.5, 0.6) is 5.75 Å². The maximum Gasteiger partial charge on any atom is 0.130 e. The number of phenols is 1. The fraction of sp³-hybridized carbons (Fsp3) is 0.333. The highest BCUT2D eigenvalue weighted by Gasteiger charge is 2.06. The van der Waals surface area contributed by atoms with Gasteiger partial charge in [0, 0.05) is 0 Å². The van der Waals surface area contributed by atoms with Gasteiger partial charge >= 0.3 is 0 Å². The molecule has 1 rings (SSSR count). The highest BCUT2D eigenvalue weighted by atomic mass is 79.9. The first-order chi connectivity index (χ1) is 5.13. The Labute approximate surface area is 75.2 Å². The van der Waals surface area contributed by atoms with Gasteiger partial charge in [0.15, 0.2) is 0 Å². The minimum absolute atomic E-state index is 0.316. The molecule has 0 amide bonds. The Morgan fingerprint density at radius 2 is 2.00 bits per heavy atom. The molecule has 1 aromatic rings. The number of aromatic hydroxyl groups is 1. The average molecular weight is 215 g/mol. The van der Waals surface area contributed by atoms with Gasteiger partial charge in [0.2, 0.25) is 0 Å². The first-order valence-corrected chi connectivity index (χ1v) is 4.39. The van der Waals surface area contributed by atoms with Crippen molar-refractivity contribution in [1.82, 2.24) is 0 Å². The van der Waals surface area contributed by atoms with Gasteiger partial charge in [-0.3, -0.25) is 0 Å². The summed E-state index contributed by atoms with van der Waals surface area (Å²) in [6.45, 7) is 4.19. The van der Waals surface area contributed by atoms with Gasteiger partial charge in [-0.05, 0) is 33.5 Å². The van der Waals surface area contributed by atoms with Crippen molar-refractivity contribution in [3.8, 4) is 5.75 Å². The zero-order chi connectivity index (χ0) is 8.43. The van der Waals surface area contributed by atoms with Crippen LogP contribution in [0.4, 0.5) is 0 Å². The molecule has 2 heteroatoms. The molecule has 60 valence electrons. The molecule has 0 atom stereocenters. The summed E-state index contributed by atoms with van der Waals surface area (Å²) in [7, 11) is 0. The highest BCUT2D eigenvalue weighted by Crippen LogP contribution is 2.31. The van der Waals surface area contributed by atoms with Crippen LogP contribution in [0.1, 0.15) is 25.3 Å². The van der Waals surface area contributed by atoms with Crippen LogP contribution >= 0.6 is 15.9 Å². The van der Waals surface area contributed by atoms with E-state index in [2.05, 4.69) is 29.8 Å². The van der Waals surface area contributed by atoms with E-state index in [-0.39, 0.29) is 0 Å². The summed E-state index contributed by atoms with van der Waals surface area (Å²) in [6, 6.07) is 5.54. The predicted octanol–water partition coefficient (Wildman–Crippen LogP) is 3.28. The molecule has 0 aliphatic rings. The molecule has 0 heterocycles. The molecule has 0 aromatic heterocycles. The van der Waals surface area contributed by atoms with E-state index in [0.29, 0.717) is 11.7 Å². The molecule has 1 aromatic carbocycles. The molecule has 0 spiro atoms. The second-order valence-electron chi connectivity index (χ2n) is 2.84. The molecule has 11 heavy (non-hydrogen) atoms. The second-order valence-corrected chi connectivity index (χ2v) is 3.63. The summed E-state index contributed by atoms with van der Waals surface area (Å²) in [4.78, 5) is 0. The topological polar surface area (TPSA) is 20.2 Å². The fourth-order valence-corrected chi connectivity index (χ4v) is 1.71. The van der Waals surface area contributed by atoms with E-state index < -0.39 is 0 Å². The number of halogens is 1. The van der Waals surface area contributed by atoms with Gasteiger partial charge < -0.3 is 5.11 Å². The van der Waals surface area contributed by atoms with Crippen molar-refractivity contribution in [2.24, 2.45) is 0 Å². The molecule has 1 nitrogen and oxygen atoms in total. The number of hydrogen-bond donors (Lipinski definition) is 1.